The van der Waals surface area contributed by atoms with E-state index in [9.17, 15) is 4.79 Å². The van der Waals surface area contributed by atoms with Gasteiger partial charge in [0.05, 0.1) is 13.7 Å². The summed E-state index contributed by atoms with van der Waals surface area (Å²) < 4.78 is 27.7. The highest BCUT2D eigenvalue weighted by Gasteiger charge is 2.33. The van der Waals surface area contributed by atoms with Crippen molar-refractivity contribution in [2.24, 2.45) is 0 Å². The fraction of sp³-hybridized carbons (Fsp3) is 0.375. The number of para-hydroxylation sites is 1. The van der Waals surface area contributed by atoms with Crippen LogP contribution < -0.4 is 18.9 Å². The van der Waals surface area contributed by atoms with Gasteiger partial charge in [-0.25, -0.2) is 4.79 Å². The average Bonchev–Trinajstić information content (AvgIpc) is 3.25. The van der Waals surface area contributed by atoms with Gasteiger partial charge < -0.3 is 23.7 Å². The van der Waals surface area contributed by atoms with E-state index < -0.39 is 5.97 Å². The number of rotatable bonds is 5. The van der Waals surface area contributed by atoms with E-state index in [1.807, 2.05) is 19.2 Å². The molecule has 2 aliphatic rings. The number of esters is 1. The van der Waals surface area contributed by atoms with Gasteiger partial charge in [0, 0.05) is 12.1 Å². The van der Waals surface area contributed by atoms with Crippen molar-refractivity contribution >= 4 is 5.97 Å². The quantitative estimate of drug-likeness (QED) is 0.540. The van der Waals surface area contributed by atoms with Crippen molar-refractivity contribution in [2.45, 2.75) is 19.4 Å². The van der Waals surface area contributed by atoms with Crippen LogP contribution >= 0.6 is 0 Å². The van der Waals surface area contributed by atoms with Crippen LogP contribution in [0.15, 0.2) is 30.3 Å². The fourth-order valence-electron chi connectivity index (χ4n) is 3.84. The lowest BCUT2D eigenvalue weighted by atomic mass is 9.91. The molecule has 1 atom stereocenters. The van der Waals surface area contributed by atoms with E-state index in [0.717, 1.165) is 24.1 Å². The standard InChI is InChI=1S/C24H25NO6/c1-4-28-24(26)17-8-5-6-10-19(17)29-13-7-9-18-21-16(11-12-25(18)2)14-20-22(23(21)27-3)31-15-30-20/h5-6,8,10,14,18H,4,11-13,15H2,1-3H3/t18-/m0/s1. The smallest absolute Gasteiger partial charge is 0.341 e. The van der Waals surface area contributed by atoms with Crippen LogP contribution in [-0.2, 0) is 11.2 Å². The summed E-state index contributed by atoms with van der Waals surface area (Å²) in [5.41, 5.74) is 2.53. The van der Waals surface area contributed by atoms with Gasteiger partial charge in [0.15, 0.2) is 11.5 Å². The molecule has 0 bridgehead atoms. The molecule has 2 aromatic carbocycles. The highest BCUT2D eigenvalue weighted by Crippen LogP contribution is 2.49. The summed E-state index contributed by atoms with van der Waals surface area (Å²) in [6.07, 6.45) is 0.875. The first-order valence-electron chi connectivity index (χ1n) is 10.2. The molecule has 2 aliphatic heterocycles. The molecule has 0 unspecified atom stereocenters. The maximum atomic E-state index is 12.1. The van der Waals surface area contributed by atoms with Crippen LogP contribution in [0.25, 0.3) is 0 Å². The second kappa shape index (κ2) is 9.19. The number of likely N-dealkylation sites (N-methyl/N-ethyl adjacent to an activating group) is 1. The van der Waals surface area contributed by atoms with Gasteiger partial charge in [-0.15, -0.1) is 0 Å². The molecule has 4 rings (SSSR count). The summed E-state index contributed by atoms with van der Waals surface area (Å²) in [4.78, 5) is 14.3. The lowest BCUT2D eigenvalue weighted by molar-refractivity contribution is 0.0522. The van der Waals surface area contributed by atoms with E-state index in [2.05, 4.69) is 16.7 Å². The molecular weight excluding hydrogens is 398 g/mol. The Bertz CT molecular complexity index is 1040. The molecule has 0 saturated carbocycles. The van der Waals surface area contributed by atoms with E-state index in [-0.39, 0.29) is 19.4 Å². The van der Waals surface area contributed by atoms with Crippen LogP contribution in [0.1, 0.15) is 34.5 Å². The van der Waals surface area contributed by atoms with E-state index in [0.29, 0.717) is 35.2 Å². The first kappa shape index (κ1) is 20.9. The molecule has 0 saturated heterocycles. The molecule has 2 heterocycles. The van der Waals surface area contributed by atoms with Crippen LogP contribution in [0.3, 0.4) is 0 Å². The largest absolute Gasteiger partial charge is 0.492 e. The average molecular weight is 423 g/mol. The van der Waals surface area contributed by atoms with Crippen molar-refractivity contribution in [1.29, 1.82) is 0 Å². The van der Waals surface area contributed by atoms with Gasteiger partial charge in [-0.05, 0) is 44.2 Å². The third-order valence-corrected chi connectivity index (χ3v) is 5.32. The highest BCUT2D eigenvalue weighted by atomic mass is 16.7. The molecule has 0 amide bonds. The molecule has 0 fully saturated rings. The van der Waals surface area contributed by atoms with Crippen molar-refractivity contribution < 1.29 is 28.5 Å². The molecule has 7 nitrogen and oxygen atoms in total. The third kappa shape index (κ3) is 4.12. The predicted octanol–water partition coefficient (Wildman–Crippen LogP) is 3.21. The molecule has 162 valence electrons. The Balaban J connectivity index is 1.56. The van der Waals surface area contributed by atoms with Crippen molar-refractivity contribution in [3.8, 4) is 34.8 Å². The maximum Gasteiger partial charge on any atom is 0.341 e. The van der Waals surface area contributed by atoms with E-state index in [1.54, 1.807) is 32.2 Å². The zero-order valence-electron chi connectivity index (χ0n) is 17.9. The van der Waals surface area contributed by atoms with Crippen molar-refractivity contribution in [2.75, 3.05) is 40.7 Å². The Morgan fingerprint density at radius 2 is 2.13 bits per heavy atom. The molecule has 0 aliphatic carbocycles. The van der Waals surface area contributed by atoms with Crippen LogP contribution in [0.5, 0.6) is 23.0 Å². The van der Waals surface area contributed by atoms with E-state index >= 15 is 0 Å². The van der Waals surface area contributed by atoms with Crippen LogP contribution in [0, 0.1) is 11.8 Å². The van der Waals surface area contributed by atoms with Gasteiger partial charge >= 0.3 is 5.97 Å². The summed E-state index contributed by atoms with van der Waals surface area (Å²) in [6.45, 7) is 3.27. The molecular formula is C24H25NO6. The van der Waals surface area contributed by atoms with E-state index in [1.165, 1.54) is 0 Å². The van der Waals surface area contributed by atoms with Gasteiger partial charge in [-0.1, -0.05) is 24.0 Å². The summed E-state index contributed by atoms with van der Waals surface area (Å²) in [7, 11) is 3.66. The summed E-state index contributed by atoms with van der Waals surface area (Å²) in [5.74, 6) is 8.45. The number of carbonyl (C=O) groups excluding carboxylic acids is 1. The third-order valence-electron chi connectivity index (χ3n) is 5.32. The Morgan fingerprint density at radius 3 is 2.94 bits per heavy atom. The Kier molecular flexibility index (Phi) is 6.19. The van der Waals surface area contributed by atoms with Gasteiger partial charge in [0.2, 0.25) is 12.5 Å². The zero-order chi connectivity index (χ0) is 21.8. The number of hydrogen-bond acceptors (Lipinski definition) is 7. The maximum absolute atomic E-state index is 12.1. The minimum atomic E-state index is -0.409. The minimum Gasteiger partial charge on any atom is -0.492 e. The Hall–Kier alpha value is -3.37. The second-order valence-corrected chi connectivity index (χ2v) is 7.18. The van der Waals surface area contributed by atoms with Crippen LogP contribution in [0.4, 0.5) is 0 Å². The number of nitrogens with zero attached hydrogens (tertiary/aromatic N) is 1. The normalized spacial score (nSPS) is 16.7. The number of benzene rings is 2. The van der Waals surface area contributed by atoms with Crippen LogP contribution in [0.2, 0.25) is 0 Å². The van der Waals surface area contributed by atoms with Gasteiger partial charge in [-0.2, -0.15) is 0 Å². The second-order valence-electron chi connectivity index (χ2n) is 7.18. The number of methoxy groups -OCH3 is 1. The summed E-state index contributed by atoms with van der Waals surface area (Å²) in [5, 5.41) is 0. The lowest BCUT2D eigenvalue weighted by Gasteiger charge is -2.32. The number of carbonyl (C=O) groups is 1. The first-order chi connectivity index (χ1) is 15.1. The molecule has 2 aromatic rings. The van der Waals surface area contributed by atoms with Crippen molar-refractivity contribution in [1.82, 2.24) is 4.90 Å². The predicted molar refractivity (Wildman–Crippen MR) is 114 cm³/mol. The van der Waals surface area contributed by atoms with Gasteiger partial charge in [0.1, 0.15) is 24.0 Å². The fourth-order valence-corrected chi connectivity index (χ4v) is 3.84. The number of fused-ring (bicyclic) bond motifs is 2. The molecule has 0 radical (unpaired) electrons. The monoisotopic (exact) mass is 423 g/mol. The Morgan fingerprint density at radius 1 is 1.29 bits per heavy atom. The first-order valence-corrected chi connectivity index (χ1v) is 10.2. The van der Waals surface area contributed by atoms with Gasteiger partial charge in [0.25, 0.3) is 0 Å². The lowest BCUT2D eigenvalue weighted by Crippen LogP contribution is -2.31. The number of ether oxygens (including phenoxy) is 5. The number of hydrogen-bond donors (Lipinski definition) is 0. The van der Waals surface area contributed by atoms with Crippen molar-refractivity contribution in [3.05, 3.63) is 47.0 Å². The molecule has 0 aromatic heterocycles. The molecule has 0 spiro atoms. The summed E-state index contributed by atoms with van der Waals surface area (Å²) in [6, 6.07) is 8.85. The van der Waals surface area contributed by atoms with Crippen LogP contribution in [-0.4, -0.2) is 51.6 Å². The minimum absolute atomic E-state index is 0.142. The topological polar surface area (TPSA) is 66.5 Å². The van der Waals surface area contributed by atoms with Gasteiger partial charge in [-0.3, -0.25) is 4.90 Å². The molecule has 31 heavy (non-hydrogen) atoms. The summed E-state index contributed by atoms with van der Waals surface area (Å²) >= 11 is 0. The SMILES string of the molecule is CCOC(=O)c1ccccc1OCC#C[C@H]1c2c(cc3c(c2OC)OCO3)CCN1C. The zero-order valence-corrected chi connectivity index (χ0v) is 17.9. The highest BCUT2D eigenvalue weighted by molar-refractivity contribution is 5.92. The Labute approximate surface area is 181 Å². The molecule has 7 heteroatoms. The van der Waals surface area contributed by atoms with E-state index in [4.69, 9.17) is 23.7 Å². The van der Waals surface area contributed by atoms with Crippen molar-refractivity contribution in [3.63, 3.8) is 0 Å². The molecule has 0 N–H and O–H groups in total.